The summed E-state index contributed by atoms with van der Waals surface area (Å²) in [6.07, 6.45) is -6.13. The average molecular weight is 248 g/mol. The molecule has 86 valence electrons. The molecule has 0 fully saturated rings. The first kappa shape index (κ1) is 12.5. The number of alkyl halides is 3. The summed E-state index contributed by atoms with van der Waals surface area (Å²) in [6.45, 7) is 0. The molecule has 7 heteroatoms. The van der Waals surface area contributed by atoms with E-state index in [1.54, 1.807) is 22.9 Å². The van der Waals surface area contributed by atoms with Gasteiger partial charge in [-0.3, -0.25) is 4.79 Å². The zero-order valence-electron chi connectivity index (χ0n) is 7.91. The molecule has 1 atom stereocenters. The second-order valence-corrected chi connectivity index (χ2v) is 3.76. The molecule has 0 bridgehead atoms. The molecule has 0 spiro atoms. The lowest BCUT2D eigenvalue weighted by molar-refractivity contribution is -0.154. The number of nitrogens with one attached hydrogen (secondary N) is 1. The first-order valence-electron chi connectivity index (χ1n) is 4.20. The topological polar surface area (TPSA) is 52.9 Å². The summed E-state index contributed by atoms with van der Waals surface area (Å²) < 4.78 is 35.6. The van der Waals surface area contributed by atoms with Crippen LogP contribution in [0.1, 0.15) is 18.0 Å². The molecule has 0 aliphatic heterocycles. The van der Waals surface area contributed by atoms with Crippen molar-refractivity contribution in [3.63, 3.8) is 0 Å². The van der Waals surface area contributed by atoms with Crippen LogP contribution in [0.2, 0.25) is 0 Å². The highest BCUT2D eigenvalue weighted by molar-refractivity contribution is 7.08. The van der Waals surface area contributed by atoms with E-state index in [4.69, 9.17) is 5.26 Å². The van der Waals surface area contributed by atoms with Gasteiger partial charge in [0, 0.05) is 0 Å². The molecule has 16 heavy (non-hydrogen) atoms. The molecular formula is C9H7F3N2OS. The number of amides is 1. The third-order valence-electron chi connectivity index (χ3n) is 1.67. The second-order valence-electron chi connectivity index (χ2n) is 2.98. The minimum absolute atomic E-state index is 0.489. The predicted octanol–water partition coefficient (Wildman–Crippen LogP) is 2.38. The summed E-state index contributed by atoms with van der Waals surface area (Å²) in [4.78, 5) is 10.9. The van der Waals surface area contributed by atoms with Crippen LogP contribution in [-0.4, -0.2) is 12.1 Å². The number of halogens is 3. The van der Waals surface area contributed by atoms with Crippen LogP contribution < -0.4 is 5.32 Å². The van der Waals surface area contributed by atoms with E-state index in [-0.39, 0.29) is 0 Å². The smallest absolute Gasteiger partial charge is 0.336 e. The van der Waals surface area contributed by atoms with Crippen LogP contribution in [0.3, 0.4) is 0 Å². The Morgan fingerprint density at radius 3 is 2.75 bits per heavy atom. The largest absolute Gasteiger partial charge is 0.397 e. The van der Waals surface area contributed by atoms with Crippen molar-refractivity contribution in [2.24, 2.45) is 0 Å². The molecule has 1 heterocycles. The van der Waals surface area contributed by atoms with Crippen LogP contribution in [0.25, 0.3) is 0 Å². The van der Waals surface area contributed by atoms with E-state index in [2.05, 4.69) is 0 Å². The van der Waals surface area contributed by atoms with E-state index in [1.165, 1.54) is 11.3 Å². The Morgan fingerprint density at radius 1 is 1.62 bits per heavy atom. The summed E-state index contributed by atoms with van der Waals surface area (Å²) in [7, 11) is 0. The van der Waals surface area contributed by atoms with Crippen LogP contribution >= 0.6 is 11.3 Å². The van der Waals surface area contributed by atoms with E-state index < -0.39 is 24.5 Å². The van der Waals surface area contributed by atoms with Gasteiger partial charge in [0.05, 0.1) is 6.07 Å². The number of rotatable bonds is 3. The summed E-state index contributed by atoms with van der Waals surface area (Å²) in [6, 6.07) is 2.28. The van der Waals surface area contributed by atoms with Crippen molar-refractivity contribution in [1.82, 2.24) is 5.32 Å². The SMILES string of the molecule is N#C[C@H](NC(=O)CC(F)(F)F)c1ccsc1. The van der Waals surface area contributed by atoms with Crippen molar-refractivity contribution in [2.45, 2.75) is 18.6 Å². The van der Waals surface area contributed by atoms with E-state index in [1.807, 2.05) is 5.32 Å². The maximum atomic E-state index is 11.9. The van der Waals surface area contributed by atoms with E-state index in [0.717, 1.165) is 0 Å². The van der Waals surface area contributed by atoms with Crippen molar-refractivity contribution in [2.75, 3.05) is 0 Å². The standard InChI is InChI=1S/C9H7F3N2OS/c10-9(11,12)3-8(15)14-7(4-13)6-1-2-16-5-6/h1-2,5,7H,3H2,(H,14,15)/t7-/m0/s1. The molecule has 0 saturated carbocycles. The Hall–Kier alpha value is -1.55. The van der Waals surface area contributed by atoms with Gasteiger partial charge in [-0.25, -0.2) is 0 Å². The minimum Gasteiger partial charge on any atom is -0.336 e. The van der Waals surface area contributed by atoms with Gasteiger partial charge in [0.1, 0.15) is 12.5 Å². The summed E-state index contributed by atoms with van der Waals surface area (Å²) >= 11 is 1.30. The minimum atomic E-state index is -4.56. The lowest BCUT2D eigenvalue weighted by Gasteiger charge is -2.11. The van der Waals surface area contributed by atoms with E-state index in [0.29, 0.717) is 5.56 Å². The van der Waals surface area contributed by atoms with Gasteiger partial charge in [0.25, 0.3) is 0 Å². The van der Waals surface area contributed by atoms with Gasteiger partial charge < -0.3 is 5.32 Å². The van der Waals surface area contributed by atoms with Crippen LogP contribution in [0, 0.1) is 11.3 Å². The van der Waals surface area contributed by atoms with Gasteiger partial charge in [-0.05, 0) is 22.4 Å². The summed E-state index contributed by atoms with van der Waals surface area (Å²) in [5, 5.41) is 14.0. The molecule has 1 amide bonds. The van der Waals surface area contributed by atoms with Crippen LogP contribution in [-0.2, 0) is 4.79 Å². The lowest BCUT2D eigenvalue weighted by Crippen LogP contribution is -2.31. The van der Waals surface area contributed by atoms with Crippen molar-refractivity contribution in [1.29, 1.82) is 5.26 Å². The number of hydrogen-bond acceptors (Lipinski definition) is 3. The monoisotopic (exact) mass is 248 g/mol. The highest BCUT2D eigenvalue weighted by atomic mass is 32.1. The molecular weight excluding hydrogens is 241 g/mol. The number of nitrogens with zero attached hydrogens (tertiary/aromatic N) is 1. The Balaban J connectivity index is 2.59. The molecule has 0 aliphatic rings. The Bertz CT molecular complexity index is 394. The highest BCUT2D eigenvalue weighted by Crippen LogP contribution is 2.21. The number of nitriles is 1. The molecule has 0 radical (unpaired) electrons. The van der Waals surface area contributed by atoms with Gasteiger partial charge in [0.15, 0.2) is 0 Å². The van der Waals surface area contributed by atoms with Crippen molar-refractivity contribution in [3.05, 3.63) is 22.4 Å². The van der Waals surface area contributed by atoms with Crippen LogP contribution in [0.5, 0.6) is 0 Å². The molecule has 1 aromatic heterocycles. The predicted molar refractivity (Wildman–Crippen MR) is 51.5 cm³/mol. The Kier molecular flexibility index (Phi) is 3.90. The average Bonchev–Trinajstić information content (AvgIpc) is 2.63. The quantitative estimate of drug-likeness (QED) is 0.892. The highest BCUT2D eigenvalue weighted by Gasteiger charge is 2.32. The molecule has 0 unspecified atom stereocenters. The Labute approximate surface area is 93.5 Å². The van der Waals surface area contributed by atoms with Gasteiger partial charge in [0.2, 0.25) is 5.91 Å². The number of hydrogen-bond donors (Lipinski definition) is 1. The fraction of sp³-hybridized carbons (Fsp3) is 0.333. The van der Waals surface area contributed by atoms with Gasteiger partial charge in [-0.15, -0.1) is 0 Å². The van der Waals surface area contributed by atoms with Gasteiger partial charge in [-0.1, -0.05) is 0 Å². The van der Waals surface area contributed by atoms with Crippen LogP contribution in [0.4, 0.5) is 13.2 Å². The normalized spacial score (nSPS) is 12.9. The third-order valence-corrected chi connectivity index (χ3v) is 2.37. The van der Waals surface area contributed by atoms with Crippen molar-refractivity contribution < 1.29 is 18.0 Å². The molecule has 1 N–H and O–H groups in total. The second kappa shape index (κ2) is 4.99. The first-order valence-corrected chi connectivity index (χ1v) is 5.14. The molecule has 0 aromatic carbocycles. The zero-order valence-corrected chi connectivity index (χ0v) is 8.73. The number of carbonyl (C=O) groups is 1. The number of carbonyl (C=O) groups excluding carboxylic acids is 1. The van der Waals surface area contributed by atoms with E-state index in [9.17, 15) is 18.0 Å². The molecule has 3 nitrogen and oxygen atoms in total. The Morgan fingerprint density at radius 2 is 2.31 bits per heavy atom. The molecule has 1 aromatic rings. The van der Waals surface area contributed by atoms with Gasteiger partial charge in [-0.2, -0.15) is 29.8 Å². The lowest BCUT2D eigenvalue weighted by atomic mass is 10.1. The maximum Gasteiger partial charge on any atom is 0.397 e. The zero-order chi connectivity index (χ0) is 12.2. The maximum absolute atomic E-state index is 11.9. The fourth-order valence-electron chi connectivity index (χ4n) is 1.02. The molecule has 1 rings (SSSR count). The number of thiophene rings is 1. The first-order chi connectivity index (χ1) is 7.42. The third kappa shape index (κ3) is 3.90. The summed E-state index contributed by atoms with van der Waals surface area (Å²) in [5.74, 6) is -1.20. The molecule has 0 saturated heterocycles. The summed E-state index contributed by atoms with van der Waals surface area (Å²) in [5.41, 5.74) is 0.489. The van der Waals surface area contributed by atoms with Gasteiger partial charge >= 0.3 is 6.18 Å². The fourth-order valence-corrected chi connectivity index (χ4v) is 1.71. The van der Waals surface area contributed by atoms with Crippen molar-refractivity contribution >= 4 is 17.2 Å². The van der Waals surface area contributed by atoms with E-state index >= 15 is 0 Å². The van der Waals surface area contributed by atoms with Crippen molar-refractivity contribution in [3.8, 4) is 6.07 Å². The molecule has 0 aliphatic carbocycles. The van der Waals surface area contributed by atoms with Crippen LogP contribution in [0.15, 0.2) is 16.8 Å².